The Labute approximate surface area is 121 Å². The Morgan fingerprint density at radius 2 is 2.37 bits per heavy atom. The minimum absolute atomic E-state index is 0.683. The first-order valence-corrected chi connectivity index (χ1v) is 8.44. The largest absolute Gasteiger partial charge is 0.313 e. The molecule has 1 saturated heterocycles. The zero-order valence-corrected chi connectivity index (χ0v) is 13.3. The van der Waals surface area contributed by atoms with E-state index in [4.69, 9.17) is 4.98 Å². The van der Waals surface area contributed by atoms with E-state index in [0.717, 1.165) is 26.1 Å². The van der Waals surface area contributed by atoms with Crippen LogP contribution in [0.5, 0.6) is 0 Å². The molecule has 1 aromatic rings. The molecule has 4 heteroatoms. The Morgan fingerprint density at radius 1 is 1.53 bits per heavy atom. The van der Waals surface area contributed by atoms with Gasteiger partial charge in [0.2, 0.25) is 0 Å². The second kappa shape index (κ2) is 7.36. The van der Waals surface area contributed by atoms with Crippen molar-refractivity contribution in [2.24, 2.45) is 5.92 Å². The van der Waals surface area contributed by atoms with E-state index in [1.807, 2.05) is 0 Å². The second-order valence-electron chi connectivity index (χ2n) is 5.97. The summed E-state index contributed by atoms with van der Waals surface area (Å²) in [6.07, 6.45) is 3.71. The fourth-order valence-corrected chi connectivity index (χ4v) is 3.49. The van der Waals surface area contributed by atoms with Gasteiger partial charge in [0.05, 0.1) is 10.7 Å². The lowest BCUT2D eigenvalue weighted by Crippen LogP contribution is -2.39. The smallest absolute Gasteiger partial charge is 0.0926 e. The summed E-state index contributed by atoms with van der Waals surface area (Å²) in [5, 5.41) is 7.10. The molecule has 0 radical (unpaired) electrons. The molecule has 1 aliphatic heterocycles. The van der Waals surface area contributed by atoms with E-state index in [9.17, 15) is 0 Å². The topological polar surface area (TPSA) is 28.2 Å². The highest BCUT2D eigenvalue weighted by molar-refractivity contribution is 7.09. The van der Waals surface area contributed by atoms with Crippen LogP contribution in [0.2, 0.25) is 0 Å². The first-order valence-electron chi connectivity index (χ1n) is 7.56. The summed E-state index contributed by atoms with van der Waals surface area (Å²) in [7, 11) is 0. The molecule has 2 rings (SSSR count). The van der Waals surface area contributed by atoms with Crippen LogP contribution < -0.4 is 5.32 Å². The highest BCUT2D eigenvalue weighted by Gasteiger charge is 2.19. The quantitative estimate of drug-likeness (QED) is 0.833. The van der Waals surface area contributed by atoms with Gasteiger partial charge in [0.1, 0.15) is 0 Å². The molecule has 2 heterocycles. The number of hydrogen-bond acceptors (Lipinski definition) is 4. The lowest BCUT2D eigenvalue weighted by atomic mass is 10.1. The number of aryl methyl sites for hydroxylation is 1. The molecule has 1 aromatic heterocycles. The van der Waals surface area contributed by atoms with Gasteiger partial charge in [0.15, 0.2) is 0 Å². The maximum Gasteiger partial charge on any atom is 0.0926 e. The number of nitrogens with zero attached hydrogens (tertiary/aromatic N) is 2. The van der Waals surface area contributed by atoms with Gasteiger partial charge >= 0.3 is 0 Å². The fourth-order valence-electron chi connectivity index (χ4n) is 2.76. The summed E-state index contributed by atoms with van der Waals surface area (Å²) < 4.78 is 0. The van der Waals surface area contributed by atoms with Gasteiger partial charge in [-0.15, -0.1) is 11.3 Å². The molecule has 108 valence electrons. The highest BCUT2D eigenvalue weighted by atomic mass is 32.1. The molecule has 0 bridgehead atoms. The summed E-state index contributed by atoms with van der Waals surface area (Å²) in [5.74, 6) is 0.714. The Kier molecular flexibility index (Phi) is 5.79. The lowest BCUT2D eigenvalue weighted by Gasteiger charge is -2.26. The van der Waals surface area contributed by atoms with Crippen LogP contribution in [-0.4, -0.2) is 35.6 Å². The van der Waals surface area contributed by atoms with Crippen molar-refractivity contribution in [3.05, 3.63) is 16.1 Å². The van der Waals surface area contributed by atoms with E-state index in [-0.39, 0.29) is 0 Å². The van der Waals surface area contributed by atoms with Gasteiger partial charge in [-0.3, -0.25) is 4.90 Å². The van der Waals surface area contributed by atoms with Gasteiger partial charge in [-0.05, 0) is 31.7 Å². The molecule has 1 fully saturated rings. The fraction of sp³-hybridized carbons (Fsp3) is 0.800. The van der Waals surface area contributed by atoms with Crippen LogP contribution in [0.1, 0.15) is 44.3 Å². The number of hydrogen-bond donors (Lipinski definition) is 1. The van der Waals surface area contributed by atoms with Crippen molar-refractivity contribution >= 4 is 11.3 Å². The van der Waals surface area contributed by atoms with Crippen molar-refractivity contribution in [3.63, 3.8) is 0 Å². The molecule has 0 aliphatic carbocycles. The van der Waals surface area contributed by atoms with Crippen LogP contribution in [0, 0.1) is 5.92 Å². The third kappa shape index (κ3) is 4.86. The average molecular weight is 281 g/mol. The van der Waals surface area contributed by atoms with Crippen LogP contribution in [0.25, 0.3) is 0 Å². The molecule has 0 spiro atoms. The molecule has 1 atom stereocenters. The predicted octanol–water partition coefficient (Wildman–Crippen LogP) is 2.92. The van der Waals surface area contributed by atoms with Crippen molar-refractivity contribution in [2.75, 3.05) is 19.6 Å². The van der Waals surface area contributed by atoms with E-state index in [0.29, 0.717) is 12.0 Å². The SMILES string of the molecule is CCc1nc(CN(CC(C)C)CC2CCCN2)cs1. The Balaban J connectivity index is 1.91. The summed E-state index contributed by atoms with van der Waals surface area (Å²) in [6.45, 7) is 11.3. The van der Waals surface area contributed by atoms with Crippen molar-refractivity contribution in [2.45, 2.75) is 52.6 Å². The third-order valence-electron chi connectivity index (χ3n) is 3.55. The van der Waals surface area contributed by atoms with Gasteiger partial charge < -0.3 is 5.32 Å². The van der Waals surface area contributed by atoms with Crippen molar-refractivity contribution in [1.29, 1.82) is 0 Å². The number of aromatic nitrogens is 1. The first kappa shape index (κ1) is 14.9. The van der Waals surface area contributed by atoms with Crippen LogP contribution in [-0.2, 0) is 13.0 Å². The maximum absolute atomic E-state index is 4.71. The van der Waals surface area contributed by atoms with Crippen molar-refractivity contribution in [3.8, 4) is 0 Å². The standard InChI is InChI=1S/C15H27N3S/c1-4-15-17-14(11-19-15)10-18(8-12(2)3)9-13-6-5-7-16-13/h11-13,16H,4-10H2,1-3H3. The van der Waals surface area contributed by atoms with Crippen molar-refractivity contribution < 1.29 is 0 Å². The normalized spacial score (nSPS) is 19.7. The summed E-state index contributed by atoms with van der Waals surface area (Å²) in [4.78, 5) is 7.28. The van der Waals surface area contributed by atoms with Gasteiger partial charge in [-0.25, -0.2) is 4.98 Å². The molecular weight excluding hydrogens is 254 g/mol. The molecule has 3 nitrogen and oxygen atoms in total. The minimum Gasteiger partial charge on any atom is -0.313 e. The molecule has 19 heavy (non-hydrogen) atoms. The summed E-state index contributed by atoms with van der Waals surface area (Å²) in [5.41, 5.74) is 1.25. The lowest BCUT2D eigenvalue weighted by molar-refractivity contribution is 0.214. The number of nitrogens with one attached hydrogen (secondary N) is 1. The average Bonchev–Trinajstić information content (AvgIpc) is 2.99. The number of thiazole rings is 1. The highest BCUT2D eigenvalue weighted by Crippen LogP contribution is 2.15. The van der Waals surface area contributed by atoms with Gasteiger partial charge in [-0.1, -0.05) is 20.8 Å². The predicted molar refractivity (Wildman–Crippen MR) is 82.6 cm³/mol. The van der Waals surface area contributed by atoms with E-state index >= 15 is 0 Å². The Hall–Kier alpha value is -0.450. The molecule has 1 N–H and O–H groups in total. The zero-order valence-electron chi connectivity index (χ0n) is 12.5. The summed E-state index contributed by atoms with van der Waals surface area (Å²) >= 11 is 1.80. The molecule has 0 amide bonds. The van der Waals surface area contributed by atoms with Gasteiger partial charge in [-0.2, -0.15) is 0 Å². The van der Waals surface area contributed by atoms with Crippen LogP contribution in [0.3, 0.4) is 0 Å². The van der Waals surface area contributed by atoms with Crippen LogP contribution in [0.4, 0.5) is 0 Å². The minimum atomic E-state index is 0.683. The van der Waals surface area contributed by atoms with E-state index in [1.165, 1.54) is 30.1 Å². The molecule has 1 aliphatic rings. The molecule has 0 aromatic carbocycles. The first-order chi connectivity index (χ1) is 9.17. The van der Waals surface area contributed by atoms with E-state index in [2.05, 4.69) is 36.4 Å². The van der Waals surface area contributed by atoms with Crippen LogP contribution >= 0.6 is 11.3 Å². The summed E-state index contributed by atoms with van der Waals surface area (Å²) in [6, 6.07) is 0.683. The molecule has 1 unspecified atom stereocenters. The number of rotatable bonds is 7. The van der Waals surface area contributed by atoms with Crippen molar-refractivity contribution in [1.82, 2.24) is 15.2 Å². The van der Waals surface area contributed by atoms with Gasteiger partial charge in [0, 0.05) is 31.1 Å². The monoisotopic (exact) mass is 281 g/mol. The third-order valence-corrected chi connectivity index (χ3v) is 4.59. The van der Waals surface area contributed by atoms with Gasteiger partial charge in [0.25, 0.3) is 0 Å². The van der Waals surface area contributed by atoms with Crippen LogP contribution in [0.15, 0.2) is 5.38 Å². The molecular formula is C15H27N3S. The maximum atomic E-state index is 4.71. The molecule has 0 saturated carbocycles. The van der Waals surface area contributed by atoms with E-state index in [1.54, 1.807) is 11.3 Å². The zero-order chi connectivity index (χ0) is 13.7. The Bertz CT molecular complexity index is 369. The Morgan fingerprint density at radius 3 is 2.95 bits per heavy atom. The second-order valence-corrected chi connectivity index (χ2v) is 6.91. The van der Waals surface area contributed by atoms with E-state index < -0.39 is 0 Å².